The molecule has 1 heterocycles. The van der Waals surface area contributed by atoms with Crippen molar-refractivity contribution in [3.63, 3.8) is 0 Å². The molecular weight excluding hydrogens is 276 g/mol. The van der Waals surface area contributed by atoms with Crippen molar-refractivity contribution in [1.82, 2.24) is 0 Å². The summed E-state index contributed by atoms with van der Waals surface area (Å²) >= 11 is 11.4. The van der Waals surface area contributed by atoms with E-state index in [9.17, 15) is 0 Å². The van der Waals surface area contributed by atoms with Crippen molar-refractivity contribution >= 4 is 40.7 Å². The van der Waals surface area contributed by atoms with Gasteiger partial charge in [-0.25, -0.2) is 0 Å². The highest BCUT2D eigenvalue weighted by Gasteiger charge is 2.09. The number of rotatable bonds is 1. The van der Waals surface area contributed by atoms with Crippen LogP contribution < -0.4 is 5.32 Å². The van der Waals surface area contributed by atoms with Crippen molar-refractivity contribution in [3.8, 4) is 11.1 Å². The largest absolute Gasteiger partial charge is 0.348 e. The fourth-order valence-electron chi connectivity index (χ4n) is 2.06. The molecule has 3 rings (SSSR count). The molecule has 4 heteroatoms. The molecular formula is C15H11ClN2S. The Morgan fingerprint density at radius 1 is 1.16 bits per heavy atom. The lowest BCUT2D eigenvalue weighted by atomic mass is 10.0. The molecule has 0 aromatic heterocycles. The van der Waals surface area contributed by atoms with Gasteiger partial charge in [-0.15, -0.1) is 0 Å². The third-order valence-corrected chi connectivity index (χ3v) is 3.54. The van der Waals surface area contributed by atoms with Gasteiger partial charge in [-0.1, -0.05) is 48.1 Å². The maximum Gasteiger partial charge on any atom is 0.101 e. The summed E-state index contributed by atoms with van der Waals surface area (Å²) in [7, 11) is 0. The van der Waals surface area contributed by atoms with Crippen LogP contribution in [0.25, 0.3) is 11.1 Å². The Labute approximate surface area is 122 Å². The van der Waals surface area contributed by atoms with Crippen molar-refractivity contribution in [2.24, 2.45) is 4.99 Å². The zero-order chi connectivity index (χ0) is 13.2. The molecule has 0 spiro atoms. The number of hydrogen-bond donors (Lipinski definition) is 1. The van der Waals surface area contributed by atoms with Crippen LogP contribution >= 0.6 is 23.8 Å². The summed E-state index contributed by atoms with van der Waals surface area (Å²) in [5, 5.41) is 3.94. The minimum atomic E-state index is 0.533. The average Bonchev–Trinajstić information content (AvgIpc) is 2.59. The molecule has 0 saturated heterocycles. The van der Waals surface area contributed by atoms with E-state index >= 15 is 0 Å². The van der Waals surface area contributed by atoms with Crippen LogP contribution in [-0.4, -0.2) is 17.7 Å². The Balaban J connectivity index is 2.09. The van der Waals surface area contributed by atoms with Gasteiger partial charge in [-0.3, -0.25) is 4.99 Å². The molecule has 1 aliphatic heterocycles. The van der Waals surface area contributed by atoms with E-state index in [2.05, 4.69) is 16.4 Å². The zero-order valence-corrected chi connectivity index (χ0v) is 11.6. The predicted molar refractivity (Wildman–Crippen MR) is 85.6 cm³/mol. The topological polar surface area (TPSA) is 24.4 Å². The standard InChI is InChI=1S/C15H11ClN2S/c16-13-4-2-1-3-12(13)10-5-6-14-11(7-10)8-17-9-15(19)18-14/h1-8H,9H2,(H,18,19). The summed E-state index contributed by atoms with van der Waals surface area (Å²) < 4.78 is 0. The molecule has 1 aliphatic rings. The molecule has 2 nitrogen and oxygen atoms in total. The quantitative estimate of drug-likeness (QED) is 0.795. The molecule has 0 fully saturated rings. The highest BCUT2D eigenvalue weighted by atomic mass is 35.5. The Morgan fingerprint density at radius 3 is 2.84 bits per heavy atom. The van der Waals surface area contributed by atoms with E-state index < -0.39 is 0 Å². The first-order valence-electron chi connectivity index (χ1n) is 5.93. The summed E-state index contributed by atoms with van der Waals surface area (Å²) in [5.74, 6) is 0. The molecule has 0 unspecified atom stereocenters. The Bertz CT molecular complexity index is 680. The number of nitrogens with one attached hydrogen (secondary N) is 1. The van der Waals surface area contributed by atoms with E-state index in [1.54, 1.807) is 0 Å². The van der Waals surface area contributed by atoms with E-state index in [0.717, 1.165) is 32.4 Å². The lowest BCUT2D eigenvalue weighted by Gasteiger charge is -2.10. The number of hydrogen-bond acceptors (Lipinski definition) is 2. The molecule has 94 valence electrons. The second kappa shape index (κ2) is 5.11. The molecule has 1 N–H and O–H groups in total. The highest BCUT2D eigenvalue weighted by Crippen LogP contribution is 2.30. The molecule has 19 heavy (non-hydrogen) atoms. The first-order valence-corrected chi connectivity index (χ1v) is 6.71. The van der Waals surface area contributed by atoms with Crippen LogP contribution in [0.1, 0.15) is 5.56 Å². The maximum absolute atomic E-state index is 6.23. The lowest BCUT2D eigenvalue weighted by Crippen LogP contribution is -2.10. The maximum atomic E-state index is 6.23. The highest BCUT2D eigenvalue weighted by molar-refractivity contribution is 7.80. The molecule has 0 atom stereocenters. The van der Waals surface area contributed by atoms with Gasteiger partial charge in [-0.05, 0) is 23.8 Å². The van der Waals surface area contributed by atoms with Crippen molar-refractivity contribution < 1.29 is 0 Å². The average molecular weight is 287 g/mol. The third kappa shape index (κ3) is 2.53. The molecule has 2 aromatic carbocycles. The van der Waals surface area contributed by atoms with Crippen LogP contribution in [0.3, 0.4) is 0 Å². The Hall–Kier alpha value is -1.71. The van der Waals surface area contributed by atoms with E-state index in [1.807, 2.05) is 42.6 Å². The molecule has 0 bridgehead atoms. The van der Waals surface area contributed by atoms with E-state index in [0.29, 0.717) is 6.54 Å². The molecule has 2 aromatic rings. The van der Waals surface area contributed by atoms with Gasteiger partial charge in [0.1, 0.15) is 4.99 Å². The van der Waals surface area contributed by atoms with E-state index in [1.165, 1.54) is 0 Å². The van der Waals surface area contributed by atoms with Crippen LogP contribution in [-0.2, 0) is 0 Å². The van der Waals surface area contributed by atoms with Crippen LogP contribution in [0.5, 0.6) is 0 Å². The molecule has 0 amide bonds. The van der Waals surface area contributed by atoms with Gasteiger partial charge in [0.05, 0.1) is 6.54 Å². The van der Waals surface area contributed by atoms with Crippen LogP contribution in [0, 0.1) is 0 Å². The summed E-state index contributed by atoms with van der Waals surface area (Å²) in [6.07, 6.45) is 1.85. The number of halogens is 1. The van der Waals surface area contributed by atoms with Crippen molar-refractivity contribution in [1.29, 1.82) is 0 Å². The molecule has 0 aliphatic carbocycles. The van der Waals surface area contributed by atoms with Gasteiger partial charge >= 0.3 is 0 Å². The third-order valence-electron chi connectivity index (χ3n) is 2.98. The summed E-state index contributed by atoms with van der Waals surface area (Å²) in [4.78, 5) is 5.03. The first kappa shape index (κ1) is 12.3. The second-order valence-corrected chi connectivity index (χ2v) is 5.20. The molecule has 0 radical (unpaired) electrons. The van der Waals surface area contributed by atoms with Gasteiger partial charge in [-0.2, -0.15) is 0 Å². The number of benzodiazepines with no additional fused rings is 1. The fourth-order valence-corrected chi connectivity index (χ4v) is 2.49. The van der Waals surface area contributed by atoms with Gasteiger partial charge in [0.15, 0.2) is 0 Å². The number of aliphatic imine (C=N–C) groups is 1. The van der Waals surface area contributed by atoms with Crippen LogP contribution in [0.2, 0.25) is 5.02 Å². The smallest absolute Gasteiger partial charge is 0.101 e. The number of benzene rings is 2. The van der Waals surface area contributed by atoms with E-state index in [-0.39, 0.29) is 0 Å². The first-order chi connectivity index (χ1) is 9.24. The normalized spacial score (nSPS) is 13.6. The number of thiocarbonyl (C=S) groups is 1. The zero-order valence-electron chi connectivity index (χ0n) is 10.1. The van der Waals surface area contributed by atoms with Crippen LogP contribution in [0.4, 0.5) is 5.69 Å². The second-order valence-electron chi connectivity index (χ2n) is 4.30. The Kier molecular flexibility index (Phi) is 3.32. The SMILES string of the molecule is S=C1CN=Cc2cc(-c3ccccc3Cl)ccc2N1. The number of anilines is 1. The number of fused-ring (bicyclic) bond motifs is 1. The van der Waals surface area contributed by atoms with Crippen molar-refractivity contribution in [2.75, 3.05) is 11.9 Å². The monoisotopic (exact) mass is 286 g/mol. The molecule has 0 saturated carbocycles. The van der Waals surface area contributed by atoms with Crippen molar-refractivity contribution in [3.05, 3.63) is 53.1 Å². The fraction of sp³-hybridized carbons (Fsp3) is 0.0667. The number of nitrogens with zero attached hydrogens (tertiary/aromatic N) is 1. The van der Waals surface area contributed by atoms with E-state index in [4.69, 9.17) is 23.8 Å². The summed E-state index contributed by atoms with van der Waals surface area (Å²) in [5.41, 5.74) is 4.11. The van der Waals surface area contributed by atoms with Gasteiger partial charge < -0.3 is 5.32 Å². The van der Waals surface area contributed by atoms with Gasteiger partial charge in [0, 0.05) is 28.1 Å². The van der Waals surface area contributed by atoms with Crippen molar-refractivity contribution in [2.45, 2.75) is 0 Å². The summed E-state index contributed by atoms with van der Waals surface area (Å²) in [6, 6.07) is 13.9. The Morgan fingerprint density at radius 2 is 2.00 bits per heavy atom. The minimum absolute atomic E-state index is 0.533. The summed E-state index contributed by atoms with van der Waals surface area (Å²) in [6.45, 7) is 0.533. The van der Waals surface area contributed by atoms with Gasteiger partial charge in [0.2, 0.25) is 0 Å². The van der Waals surface area contributed by atoms with Gasteiger partial charge in [0.25, 0.3) is 0 Å². The van der Waals surface area contributed by atoms with Crippen LogP contribution in [0.15, 0.2) is 47.5 Å². The lowest BCUT2D eigenvalue weighted by molar-refractivity contribution is 1.34. The predicted octanol–water partition coefficient (Wildman–Crippen LogP) is 4.18. The minimum Gasteiger partial charge on any atom is -0.348 e.